The minimum Gasteiger partial charge on any atom is -0.457 e. The Morgan fingerprint density at radius 2 is 1.79 bits per heavy atom. The number of aromatic nitrogens is 3. The van der Waals surface area contributed by atoms with Crippen LogP contribution in [0, 0.1) is 0 Å². The summed E-state index contributed by atoms with van der Waals surface area (Å²) < 4.78 is 12.1. The molecule has 39 heavy (non-hydrogen) atoms. The number of H-pyrrole nitrogens is 1. The topological polar surface area (TPSA) is 95.6 Å². The van der Waals surface area contributed by atoms with Crippen LogP contribution in [0.1, 0.15) is 19.3 Å². The molecule has 4 aromatic rings. The van der Waals surface area contributed by atoms with E-state index in [9.17, 15) is 4.79 Å². The Bertz CT molecular complexity index is 1450. The largest absolute Gasteiger partial charge is 0.457 e. The molecule has 0 bridgehead atoms. The number of benzene rings is 2. The van der Waals surface area contributed by atoms with Crippen molar-refractivity contribution in [1.82, 2.24) is 25.0 Å². The Balaban J connectivity index is 1.09. The monoisotopic (exact) mass is 524 g/mol. The van der Waals surface area contributed by atoms with E-state index in [4.69, 9.17) is 9.47 Å². The standard InChI is InChI=1S/C30H32N6O3/c1-35(22-9-10-22)18-5-8-27(37)36-19-16-21(20-36)32-30-28-26(15-17-31-29(28)33-34-30)39-25-13-11-24(12-14-25)38-23-6-3-2-4-7-23/h2-8,11-15,17,21-22H,9-10,16,18-20H2,1H3,(H2,31,32,33,34)/t21-/m1/s1. The van der Waals surface area contributed by atoms with Gasteiger partial charge in [-0.05, 0) is 62.7 Å². The number of rotatable bonds is 10. The average Bonchev–Trinajstić information content (AvgIpc) is 3.57. The van der Waals surface area contributed by atoms with Crippen LogP contribution in [-0.4, -0.2) is 69.7 Å². The van der Waals surface area contributed by atoms with Crippen molar-refractivity contribution >= 4 is 22.8 Å². The number of hydrogen-bond acceptors (Lipinski definition) is 7. The van der Waals surface area contributed by atoms with Gasteiger partial charge >= 0.3 is 0 Å². The van der Waals surface area contributed by atoms with Crippen molar-refractivity contribution in [3.8, 4) is 23.0 Å². The number of amides is 1. The normalized spacial score (nSPS) is 17.3. The van der Waals surface area contributed by atoms with Gasteiger partial charge in [0.25, 0.3) is 0 Å². The molecular formula is C30H32N6O3. The second-order valence-electron chi connectivity index (χ2n) is 10.1. The van der Waals surface area contributed by atoms with E-state index in [2.05, 4.69) is 32.4 Å². The highest BCUT2D eigenvalue weighted by atomic mass is 16.5. The molecule has 2 aliphatic rings. The minimum absolute atomic E-state index is 0.0563. The Morgan fingerprint density at radius 1 is 1.05 bits per heavy atom. The molecule has 6 rings (SSSR count). The lowest BCUT2D eigenvalue weighted by Crippen LogP contribution is -2.30. The molecule has 3 heterocycles. The van der Waals surface area contributed by atoms with Crippen LogP contribution in [0.15, 0.2) is 79.0 Å². The number of para-hydroxylation sites is 1. The Labute approximate surface area is 227 Å². The molecular weight excluding hydrogens is 492 g/mol. The molecule has 2 aromatic heterocycles. The summed E-state index contributed by atoms with van der Waals surface area (Å²) in [7, 11) is 2.11. The number of hydrogen-bond donors (Lipinski definition) is 2. The van der Waals surface area contributed by atoms with Crippen molar-refractivity contribution < 1.29 is 14.3 Å². The molecule has 2 aromatic carbocycles. The minimum atomic E-state index is 0.0563. The molecule has 1 amide bonds. The molecule has 0 spiro atoms. The number of pyridine rings is 1. The van der Waals surface area contributed by atoms with Gasteiger partial charge in [0, 0.05) is 50.1 Å². The number of nitrogens with zero attached hydrogens (tertiary/aromatic N) is 4. The van der Waals surface area contributed by atoms with Gasteiger partial charge < -0.3 is 19.7 Å². The summed E-state index contributed by atoms with van der Waals surface area (Å²) in [5.41, 5.74) is 0.632. The lowest BCUT2D eigenvalue weighted by Gasteiger charge is -2.16. The quantitative estimate of drug-likeness (QED) is 0.275. The van der Waals surface area contributed by atoms with Gasteiger partial charge in [-0.2, -0.15) is 5.10 Å². The van der Waals surface area contributed by atoms with E-state index >= 15 is 0 Å². The molecule has 9 nitrogen and oxygen atoms in total. The maximum atomic E-state index is 12.7. The van der Waals surface area contributed by atoms with Crippen LogP contribution in [0.4, 0.5) is 5.82 Å². The maximum Gasteiger partial charge on any atom is 0.246 e. The first-order valence-electron chi connectivity index (χ1n) is 13.4. The Morgan fingerprint density at radius 3 is 2.56 bits per heavy atom. The Hall–Kier alpha value is -4.37. The van der Waals surface area contributed by atoms with E-state index in [-0.39, 0.29) is 11.9 Å². The summed E-state index contributed by atoms with van der Waals surface area (Å²) >= 11 is 0. The van der Waals surface area contributed by atoms with Crippen LogP contribution in [-0.2, 0) is 4.79 Å². The fraction of sp³-hybridized carbons (Fsp3) is 0.300. The fourth-order valence-corrected chi connectivity index (χ4v) is 4.80. The first kappa shape index (κ1) is 24.9. The summed E-state index contributed by atoms with van der Waals surface area (Å²) in [4.78, 5) is 21.3. The second-order valence-corrected chi connectivity index (χ2v) is 10.1. The summed E-state index contributed by atoms with van der Waals surface area (Å²) in [6, 6.07) is 19.7. The molecule has 0 unspecified atom stereocenters. The van der Waals surface area contributed by atoms with Gasteiger partial charge in [-0.3, -0.25) is 14.8 Å². The van der Waals surface area contributed by atoms with Crippen LogP contribution in [0.25, 0.3) is 11.0 Å². The number of likely N-dealkylation sites (tertiary alicyclic amines) is 1. The highest BCUT2D eigenvalue weighted by Gasteiger charge is 2.27. The smallest absolute Gasteiger partial charge is 0.246 e. The highest BCUT2D eigenvalue weighted by molar-refractivity contribution is 5.93. The third-order valence-corrected chi connectivity index (χ3v) is 7.12. The number of carbonyl (C=O) groups excluding carboxylic acids is 1. The molecule has 1 aliphatic heterocycles. The highest BCUT2D eigenvalue weighted by Crippen LogP contribution is 2.34. The fourth-order valence-electron chi connectivity index (χ4n) is 4.80. The first-order valence-corrected chi connectivity index (χ1v) is 13.4. The molecule has 0 radical (unpaired) electrons. The lowest BCUT2D eigenvalue weighted by atomic mass is 10.2. The number of aromatic amines is 1. The predicted octanol–water partition coefficient (Wildman–Crippen LogP) is 5.21. The van der Waals surface area contributed by atoms with E-state index in [1.165, 1.54) is 12.8 Å². The number of carbonyl (C=O) groups is 1. The van der Waals surface area contributed by atoms with Crippen molar-refractivity contribution in [2.45, 2.75) is 31.3 Å². The second kappa shape index (κ2) is 11.2. The zero-order valence-electron chi connectivity index (χ0n) is 21.9. The van der Waals surface area contributed by atoms with Gasteiger partial charge in [0.2, 0.25) is 5.91 Å². The summed E-state index contributed by atoms with van der Waals surface area (Å²) in [6.45, 7) is 2.14. The molecule has 1 atom stereocenters. The van der Waals surface area contributed by atoms with Crippen molar-refractivity contribution in [2.24, 2.45) is 0 Å². The van der Waals surface area contributed by atoms with Crippen LogP contribution in [0.3, 0.4) is 0 Å². The molecule has 9 heteroatoms. The molecule has 200 valence electrons. The van der Waals surface area contributed by atoms with Crippen LogP contribution < -0.4 is 14.8 Å². The summed E-state index contributed by atoms with van der Waals surface area (Å²) in [6.07, 6.45) is 8.73. The number of nitrogens with one attached hydrogen (secondary N) is 2. The summed E-state index contributed by atoms with van der Waals surface area (Å²) in [5.74, 6) is 3.54. The van der Waals surface area contributed by atoms with Gasteiger partial charge in [-0.25, -0.2) is 4.98 Å². The van der Waals surface area contributed by atoms with Gasteiger partial charge in [0.05, 0.1) is 0 Å². The Kier molecular flexibility index (Phi) is 7.14. The van der Waals surface area contributed by atoms with Crippen molar-refractivity contribution in [2.75, 3.05) is 32.0 Å². The first-order chi connectivity index (χ1) is 19.1. The molecule has 1 saturated heterocycles. The predicted molar refractivity (Wildman–Crippen MR) is 150 cm³/mol. The third kappa shape index (κ3) is 6.04. The van der Waals surface area contributed by atoms with Crippen molar-refractivity contribution in [3.63, 3.8) is 0 Å². The zero-order chi connectivity index (χ0) is 26.6. The number of ether oxygens (including phenoxy) is 2. The number of fused-ring (bicyclic) bond motifs is 1. The number of anilines is 1. The molecule has 1 aliphatic carbocycles. The maximum absolute atomic E-state index is 12.7. The van der Waals surface area contributed by atoms with E-state index in [1.807, 2.05) is 71.6 Å². The third-order valence-electron chi connectivity index (χ3n) is 7.12. The molecule has 2 N–H and O–H groups in total. The van der Waals surface area contributed by atoms with E-state index < -0.39 is 0 Å². The average molecular weight is 525 g/mol. The molecule has 2 fully saturated rings. The van der Waals surface area contributed by atoms with Crippen LogP contribution in [0.5, 0.6) is 23.0 Å². The van der Waals surface area contributed by atoms with Gasteiger partial charge in [0.1, 0.15) is 28.4 Å². The van der Waals surface area contributed by atoms with Gasteiger partial charge in [-0.1, -0.05) is 24.3 Å². The lowest BCUT2D eigenvalue weighted by molar-refractivity contribution is -0.125. The van der Waals surface area contributed by atoms with E-state index in [1.54, 1.807) is 12.3 Å². The van der Waals surface area contributed by atoms with Gasteiger partial charge in [0.15, 0.2) is 11.5 Å². The van der Waals surface area contributed by atoms with Gasteiger partial charge in [-0.15, -0.1) is 0 Å². The zero-order valence-corrected chi connectivity index (χ0v) is 21.9. The van der Waals surface area contributed by atoms with E-state index in [0.717, 1.165) is 29.9 Å². The van der Waals surface area contributed by atoms with E-state index in [0.29, 0.717) is 42.1 Å². The SMILES string of the molecule is CN(CC=CC(=O)N1CC[C@@H](Nc2n[nH]c3nccc(Oc4ccc(Oc5ccccc5)cc4)c23)C1)C1CC1. The van der Waals surface area contributed by atoms with Crippen LogP contribution >= 0.6 is 0 Å². The molecule has 1 saturated carbocycles. The van der Waals surface area contributed by atoms with Crippen molar-refractivity contribution in [1.29, 1.82) is 0 Å². The van der Waals surface area contributed by atoms with Crippen LogP contribution in [0.2, 0.25) is 0 Å². The van der Waals surface area contributed by atoms with Crippen molar-refractivity contribution in [3.05, 3.63) is 79.0 Å². The number of likely N-dealkylation sites (N-methyl/N-ethyl adjacent to an activating group) is 1. The summed E-state index contributed by atoms with van der Waals surface area (Å²) in [5, 5.41) is 11.7.